The van der Waals surface area contributed by atoms with Crippen molar-refractivity contribution in [2.75, 3.05) is 13.2 Å². The minimum atomic E-state index is -0.595. The van der Waals surface area contributed by atoms with Crippen LogP contribution in [0.1, 0.15) is 40.7 Å². The van der Waals surface area contributed by atoms with Gasteiger partial charge in [0.05, 0.1) is 18.3 Å². The lowest BCUT2D eigenvalue weighted by molar-refractivity contribution is -0.145. The van der Waals surface area contributed by atoms with Crippen molar-refractivity contribution in [3.8, 4) is 0 Å². The van der Waals surface area contributed by atoms with E-state index in [1.807, 2.05) is 38.1 Å². The number of likely N-dealkylation sites (tertiary alicyclic amines) is 1. The predicted octanol–water partition coefficient (Wildman–Crippen LogP) is 2.37. The monoisotopic (exact) mass is 369 g/mol. The van der Waals surface area contributed by atoms with E-state index in [1.165, 1.54) is 0 Å². The van der Waals surface area contributed by atoms with Crippen molar-refractivity contribution in [1.82, 2.24) is 4.90 Å². The number of ether oxygens (including phenoxy) is 1. The number of hydrogen-bond acceptors (Lipinski definition) is 5. The topological polar surface area (TPSA) is 80.8 Å². The lowest BCUT2D eigenvalue weighted by atomic mass is 9.85. The van der Waals surface area contributed by atoms with Gasteiger partial charge in [0, 0.05) is 12.1 Å². The van der Waals surface area contributed by atoms with Crippen molar-refractivity contribution in [3.05, 3.63) is 47.0 Å². The van der Waals surface area contributed by atoms with Crippen molar-refractivity contribution in [3.63, 3.8) is 0 Å². The first kappa shape index (κ1) is 19.0. The Morgan fingerprint density at radius 3 is 2.33 bits per heavy atom. The number of hydrogen-bond donors (Lipinski definition) is 0. The maximum absolute atomic E-state index is 12.3. The second kappa shape index (κ2) is 7.86. The summed E-state index contributed by atoms with van der Waals surface area (Å²) in [4.78, 5) is 50.1. The minimum Gasteiger partial charge on any atom is -0.457 e. The van der Waals surface area contributed by atoms with Gasteiger partial charge >= 0.3 is 5.97 Å². The summed E-state index contributed by atoms with van der Waals surface area (Å²) in [6.45, 7) is 3.37. The van der Waals surface area contributed by atoms with Crippen LogP contribution in [0.3, 0.4) is 0 Å². The number of fused-ring (bicyclic) bond motifs is 1. The Bertz CT molecular complexity index is 800. The number of allylic oxidation sites excluding steroid dienone is 2. The van der Waals surface area contributed by atoms with Crippen molar-refractivity contribution in [1.29, 1.82) is 0 Å². The summed E-state index contributed by atoms with van der Waals surface area (Å²) in [6.07, 6.45) is 4.87. The number of imide groups is 1. The second-order valence-corrected chi connectivity index (χ2v) is 7.14. The molecular formula is C21H23NO5. The largest absolute Gasteiger partial charge is 0.457 e. The molecule has 0 radical (unpaired) electrons. The van der Waals surface area contributed by atoms with Crippen LogP contribution in [0.5, 0.6) is 0 Å². The molecule has 1 aromatic rings. The summed E-state index contributed by atoms with van der Waals surface area (Å²) in [5, 5.41) is 0. The lowest BCUT2D eigenvalue weighted by Gasteiger charge is -2.14. The number of amides is 2. The highest BCUT2D eigenvalue weighted by Gasteiger charge is 2.46. The second-order valence-electron chi connectivity index (χ2n) is 7.14. The Hall–Kier alpha value is -2.76. The minimum absolute atomic E-state index is 0.00115. The van der Waals surface area contributed by atoms with Crippen LogP contribution in [0.2, 0.25) is 0 Å². The van der Waals surface area contributed by atoms with Gasteiger partial charge in [-0.2, -0.15) is 0 Å². The summed E-state index contributed by atoms with van der Waals surface area (Å²) in [5.74, 6) is -1.90. The molecule has 1 heterocycles. The molecule has 1 aliphatic carbocycles. The molecule has 2 atom stereocenters. The van der Waals surface area contributed by atoms with Gasteiger partial charge in [-0.15, -0.1) is 0 Å². The summed E-state index contributed by atoms with van der Waals surface area (Å²) in [5.41, 5.74) is 2.31. The normalized spacial score (nSPS) is 21.3. The molecule has 6 heteroatoms. The third-order valence-corrected chi connectivity index (χ3v) is 5.20. The zero-order valence-corrected chi connectivity index (χ0v) is 15.6. The van der Waals surface area contributed by atoms with Gasteiger partial charge in [0.25, 0.3) is 0 Å². The molecule has 0 spiro atoms. The molecule has 0 saturated carbocycles. The molecule has 0 bridgehead atoms. The van der Waals surface area contributed by atoms with Gasteiger partial charge < -0.3 is 4.74 Å². The van der Waals surface area contributed by atoms with E-state index in [1.54, 1.807) is 6.07 Å². The molecule has 2 amide bonds. The molecule has 142 valence electrons. The van der Waals surface area contributed by atoms with E-state index in [-0.39, 0.29) is 49.0 Å². The van der Waals surface area contributed by atoms with E-state index in [0.717, 1.165) is 16.0 Å². The van der Waals surface area contributed by atoms with Crippen LogP contribution in [0.25, 0.3) is 0 Å². The number of Topliss-reactive ketones (excluding diaryl/α,β-unsaturated/α-hetero) is 1. The Labute approximate surface area is 158 Å². The van der Waals surface area contributed by atoms with Gasteiger partial charge in [-0.1, -0.05) is 29.8 Å². The molecule has 1 aliphatic heterocycles. The molecule has 2 aliphatic rings. The third kappa shape index (κ3) is 3.99. The standard InChI is InChI=1S/C21H23NO5/c1-13-7-8-14(2)17(11-13)18(23)12-27-19(24)9-10-22-20(25)15-5-3-4-6-16(15)21(22)26/h3-4,7-8,11,15-16H,5-6,9-10,12H2,1-2H3/t15-,16-/m1/s1. The molecule has 27 heavy (non-hydrogen) atoms. The summed E-state index contributed by atoms with van der Waals surface area (Å²) in [6, 6.07) is 5.53. The van der Waals surface area contributed by atoms with E-state index in [4.69, 9.17) is 4.74 Å². The number of ketones is 1. The number of aryl methyl sites for hydroxylation is 2. The fourth-order valence-electron chi connectivity index (χ4n) is 3.62. The zero-order valence-electron chi connectivity index (χ0n) is 15.6. The highest BCUT2D eigenvalue weighted by molar-refractivity contribution is 6.05. The maximum Gasteiger partial charge on any atom is 0.308 e. The van der Waals surface area contributed by atoms with Crippen molar-refractivity contribution >= 4 is 23.6 Å². The number of esters is 1. The lowest BCUT2D eigenvalue weighted by Crippen LogP contribution is -2.33. The third-order valence-electron chi connectivity index (χ3n) is 5.20. The Morgan fingerprint density at radius 1 is 1.07 bits per heavy atom. The number of rotatable bonds is 6. The number of benzene rings is 1. The van der Waals surface area contributed by atoms with E-state index < -0.39 is 5.97 Å². The first-order valence-electron chi connectivity index (χ1n) is 9.14. The van der Waals surface area contributed by atoms with E-state index >= 15 is 0 Å². The molecule has 3 rings (SSSR count). The highest BCUT2D eigenvalue weighted by atomic mass is 16.5. The van der Waals surface area contributed by atoms with Crippen LogP contribution >= 0.6 is 0 Å². The van der Waals surface area contributed by atoms with E-state index in [2.05, 4.69) is 0 Å². The molecule has 1 fully saturated rings. The molecule has 0 aromatic heterocycles. The predicted molar refractivity (Wildman–Crippen MR) is 97.9 cm³/mol. The van der Waals surface area contributed by atoms with E-state index in [0.29, 0.717) is 18.4 Å². The van der Waals surface area contributed by atoms with Gasteiger partial charge in [-0.05, 0) is 38.3 Å². The van der Waals surface area contributed by atoms with Crippen molar-refractivity contribution in [2.45, 2.75) is 33.1 Å². The van der Waals surface area contributed by atoms with Crippen LogP contribution in [-0.4, -0.2) is 41.6 Å². The molecule has 1 saturated heterocycles. The average molecular weight is 369 g/mol. The Kier molecular flexibility index (Phi) is 5.54. The van der Waals surface area contributed by atoms with Crippen LogP contribution < -0.4 is 0 Å². The number of nitrogens with zero attached hydrogens (tertiary/aromatic N) is 1. The van der Waals surface area contributed by atoms with Crippen LogP contribution in [0, 0.1) is 25.7 Å². The SMILES string of the molecule is Cc1ccc(C)c(C(=O)COC(=O)CCN2C(=O)[C@@H]3CC=CC[C@H]3C2=O)c1. The Balaban J connectivity index is 1.50. The molecule has 0 N–H and O–H groups in total. The smallest absolute Gasteiger partial charge is 0.308 e. The van der Waals surface area contributed by atoms with Crippen LogP contribution in [-0.2, 0) is 19.1 Å². The Morgan fingerprint density at radius 2 is 1.70 bits per heavy atom. The van der Waals surface area contributed by atoms with Gasteiger partial charge in [0.2, 0.25) is 17.6 Å². The fraction of sp³-hybridized carbons (Fsp3) is 0.429. The number of carbonyl (C=O) groups excluding carboxylic acids is 4. The first-order valence-corrected chi connectivity index (χ1v) is 9.14. The summed E-state index contributed by atoms with van der Waals surface area (Å²) >= 11 is 0. The summed E-state index contributed by atoms with van der Waals surface area (Å²) < 4.78 is 5.05. The fourth-order valence-corrected chi connectivity index (χ4v) is 3.62. The highest BCUT2D eigenvalue weighted by Crippen LogP contribution is 2.35. The molecule has 0 unspecified atom stereocenters. The van der Waals surface area contributed by atoms with Crippen LogP contribution in [0.4, 0.5) is 0 Å². The van der Waals surface area contributed by atoms with Gasteiger partial charge in [-0.25, -0.2) is 0 Å². The molecular weight excluding hydrogens is 346 g/mol. The quantitative estimate of drug-likeness (QED) is 0.333. The average Bonchev–Trinajstić information content (AvgIpc) is 2.91. The summed E-state index contributed by atoms with van der Waals surface area (Å²) in [7, 11) is 0. The van der Waals surface area contributed by atoms with Crippen LogP contribution in [0.15, 0.2) is 30.4 Å². The maximum atomic E-state index is 12.3. The van der Waals surface area contributed by atoms with Gasteiger partial charge in [0.15, 0.2) is 6.61 Å². The van der Waals surface area contributed by atoms with Crippen molar-refractivity contribution < 1.29 is 23.9 Å². The number of carbonyl (C=O) groups is 4. The van der Waals surface area contributed by atoms with E-state index in [9.17, 15) is 19.2 Å². The van der Waals surface area contributed by atoms with Gasteiger partial charge in [-0.3, -0.25) is 24.1 Å². The first-order chi connectivity index (χ1) is 12.9. The zero-order chi connectivity index (χ0) is 19.6. The molecule has 6 nitrogen and oxygen atoms in total. The molecule has 1 aromatic carbocycles. The van der Waals surface area contributed by atoms with Gasteiger partial charge in [0.1, 0.15) is 0 Å². The van der Waals surface area contributed by atoms with Crippen molar-refractivity contribution in [2.24, 2.45) is 11.8 Å².